The highest BCUT2D eigenvalue weighted by Gasteiger charge is 2.26. The van der Waals surface area contributed by atoms with Crippen molar-refractivity contribution in [1.29, 1.82) is 0 Å². The molecule has 0 saturated carbocycles. The van der Waals surface area contributed by atoms with Gasteiger partial charge in [-0.25, -0.2) is 8.42 Å². The van der Waals surface area contributed by atoms with Gasteiger partial charge in [0.1, 0.15) is 0 Å². The summed E-state index contributed by atoms with van der Waals surface area (Å²) < 4.78 is 26.2. The van der Waals surface area contributed by atoms with Crippen molar-refractivity contribution in [2.24, 2.45) is 0 Å². The highest BCUT2D eigenvalue weighted by Crippen LogP contribution is 2.14. The van der Waals surface area contributed by atoms with Crippen LogP contribution >= 0.6 is 0 Å². The van der Waals surface area contributed by atoms with Crippen LogP contribution in [0.2, 0.25) is 0 Å². The van der Waals surface area contributed by atoms with Crippen LogP contribution < -0.4 is 5.32 Å². The zero-order chi connectivity index (χ0) is 13.2. The van der Waals surface area contributed by atoms with Crippen molar-refractivity contribution in [1.82, 2.24) is 9.62 Å². The highest BCUT2D eigenvalue weighted by molar-refractivity contribution is 7.88. The number of sulfonamides is 1. The number of nitrogens with zero attached hydrogens (tertiary/aromatic N) is 1. The summed E-state index contributed by atoms with van der Waals surface area (Å²) in [4.78, 5) is 0. The van der Waals surface area contributed by atoms with E-state index in [0.29, 0.717) is 13.1 Å². The fraction of sp³-hybridized carbons (Fsp3) is 0.538. The standard InChI is InChI=1S/C13H20N2O2S/c1-11-4-3-5-13(8-11)10-18(16,17)15-7-6-14-12(2)9-15/h3-5,8,12,14H,6-7,9-10H2,1-2H3. The molecule has 1 aromatic rings. The molecule has 1 heterocycles. The fourth-order valence-corrected chi connectivity index (χ4v) is 3.86. The Labute approximate surface area is 109 Å². The topological polar surface area (TPSA) is 49.4 Å². The second-order valence-corrected chi connectivity index (χ2v) is 6.93. The lowest BCUT2D eigenvalue weighted by Crippen LogP contribution is -2.51. The quantitative estimate of drug-likeness (QED) is 0.893. The van der Waals surface area contributed by atoms with Gasteiger partial charge in [-0.3, -0.25) is 0 Å². The molecule has 1 unspecified atom stereocenters. The highest BCUT2D eigenvalue weighted by atomic mass is 32.2. The SMILES string of the molecule is Cc1cccc(CS(=O)(=O)N2CCNC(C)C2)c1. The summed E-state index contributed by atoms with van der Waals surface area (Å²) in [6, 6.07) is 7.91. The number of benzene rings is 1. The minimum Gasteiger partial charge on any atom is -0.312 e. The van der Waals surface area contributed by atoms with Gasteiger partial charge in [0.05, 0.1) is 5.75 Å². The van der Waals surface area contributed by atoms with Crippen LogP contribution in [-0.2, 0) is 15.8 Å². The molecule has 0 amide bonds. The molecule has 4 nitrogen and oxygen atoms in total. The van der Waals surface area contributed by atoms with Crippen molar-refractivity contribution in [3.8, 4) is 0 Å². The van der Waals surface area contributed by atoms with Gasteiger partial charge in [0.25, 0.3) is 0 Å². The molecule has 0 bridgehead atoms. The van der Waals surface area contributed by atoms with Crippen molar-refractivity contribution in [3.05, 3.63) is 35.4 Å². The van der Waals surface area contributed by atoms with Crippen molar-refractivity contribution < 1.29 is 8.42 Å². The van der Waals surface area contributed by atoms with Crippen LogP contribution in [-0.4, -0.2) is 38.4 Å². The molecule has 0 aliphatic carbocycles. The number of nitrogens with one attached hydrogen (secondary N) is 1. The summed E-state index contributed by atoms with van der Waals surface area (Å²) in [5.41, 5.74) is 1.96. The lowest BCUT2D eigenvalue weighted by molar-refractivity contribution is 0.310. The fourth-order valence-electron chi connectivity index (χ4n) is 2.25. The zero-order valence-corrected chi connectivity index (χ0v) is 11.7. The molecule has 0 spiro atoms. The molecule has 0 aromatic heterocycles. The van der Waals surface area contributed by atoms with Crippen LogP contribution in [0.15, 0.2) is 24.3 Å². The van der Waals surface area contributed by atoms with Gasteiger partial charge < -0.3 is 5.32 Å². The first-order chi connectivity index (χ1) is 8.47. The summed E-state index contributed by atoms with van der Waals surface area (Å²) in [6.45, 7) is 5.85. The molecule has 1 aliphatic rings. The van der Waals surface area contributed by atoms with Crippen molar-refractivity contribution in [3.63, 3.8) is 0 Å². The summed E-state index contributed by atoms with van der Waals surface area (Å²) in [7, 11) is -3.19. The second-order valence-electron chi connectivity index (χ2n) is 4.96. The summed E-state index contributed by atoms with van der Waals surface area (Å²) >= 11 is 0. The molecular formula is C13H20N2O2S. The van der Waals surface area contributed by atoms with Crippen LogP contribution in [0.1, 0.15) is 18.1 Å². The third kappa shape index (κ3) is 3.31. The second kappa shape index (κ2) is 5.38. The molecule has 1 aliphatic heterocycles. The van der Waals surface area contributed by atoms with E-state index in [-0.39, 0.29) is 11.8 Å². The Morgan fingerprint density at radius 2 is 2.22 bits per heavy atom. The molecule has 100 valence electrons. The van der Waals surface area contributed by atoms with Gasteiger partial charge in [0.2, 0.25) is 10.0 Å². The molecule has 1 N–H and O–H groups in total. The van der Waals surface area contributed by atoms with Gasteiger partial charge in [-0.1, -0.05) is 29.8 Å². The maximum Gasteiger partial charge on any atom is 0.218 e. The van der Waals surface area contributed by atoms with E-state index in [0.717, 1.165) is 17.7 Å². The largest absolute Gasteiger partial charge is 0.312 e. The Bertz CT molecular complexity index is 513. The third-order valence-corrected chi connectivity index (χ3v) is 4.97. The average Bonchev–Trinajstić information content (AvgIpc) is 2.28. The van der Waals surface area contributed by atoms with Crippen LogP contribution in [0, 0.1) is 6.92 Å². The number of hydrogen-bond donors (Lipinski definition) is 1. The summed E-state index contributed by atoms with van der Waals surface area (Å²) in [5, 5.41) is 3.25. The molecule has 1 aromatic carbocycles. The number of rotatable bonds is 3. The maximum absolute atomic E-state index is 12.3. The van der Waals surface area contributed by atoms with Gasteiger partial charge in [0, 0.05) is 25.7 Å². The van der Waals surface area contributed by atoms with E-state index in [1.54, 1.807) is 4.31 Å². The van der Waals surface area contributed by atoms with E-state index in [9.17, 15) is 8.42 Å². The number of piperazine rings is 1. The first-order valence-electron chi connectivity index (χ1n) is 6.24. The normalized spacial score (nSPS) is 22.0. The van der Waals surface area contributed by atoms with Crippen LogP contribution in [0.3, 0.4) is 0 Å². The lowest BCUT2D eigenvalue weighted by Gasteiger charge is -2.31. The molecule has 2 rings (SSSR count). The Hall–Kier alpha value is -0.910. The Balaban J connectivity index is 2.11. The van der Waals surface area contributed by atoms with E-state index in [1.165, 1.54) is 0 Å². The molecule has 18 heavy (non-hydrogen) atoms. The molecule has 0 radical (unpaired) electrons. The van der Waals surface area contributed by atoms with Crippen LogP contribution in [0.4, 0.5) is 0 Å². The lowest BCUT2D eigenvalue weighted by atomic mass is 10.2. The van der Waals surface area contributed by atoms with Crippen molar-refractivity contribution in [2.45, 2.75) is 25.6 Å². The maximum atomic E-state index is 12.3. The van der Waals surface area contributed by atoms with E-state index in [2.05, 4.69) is 5.32 Å². The Morgan fingerprint density at radius 1 is 1.44 bits per heavy atom. The molecule has 1 atom stereocenters. The predicted octanol–water partition coefficient (Wildman–Crippen LogP) is 1.12. The molecular weight excluding hydrogens is 248 g/mol. The van der Waals surface area contributed by atoms with E-state index in [4.69, 9.17) is 0 Å². The molecule has 5 heteroatoms. The minimum absolute atomic E-state index is 0.0986. The van der Waals surface area contributed by atoms with E-state index >= 15 is 0 Å². The molecule has 1 saturated heterocycles. The van der Waals surface area contributed by atoms with E-state index in [1.807, 2.05) is 38.1 Å². The third-order valence-electron chi connectivity index (χ3n) is 3.16. The Morgan fingerprint density at radius 3 is 2.89 bits per heavy atom. The summed E-state index contributed by atoms with van der Waals surface area (Å²) in [6.07, 6.45) is 0. The van der Waals surface area contributed by atoms with Gasteiger partial charge in [-0.2, -0.15) is 4.31 Å². The smallest absolute Gasteiger partial charge is 0.218 e. The van der Waals surface area contributed by atoms with Crippen molar-refractivity contribution >= 4 is 10.0 Å². The monoisotopic (exact) mass is 268 g/mol. The van der Waals surface area contributed by atoms with Crippen LogP contribution in [0.25, 0.3) is 0 Å². The summed E-state index contributed by atoms with van der Waals surface area (Å²) in [5.74, 6) is 0.0986. The Kier molecular flexibility index (Phi) is 4.04. The van der Waals surface area contributed by atoms with Gasteiger partial charge in [-0.05, 0) is 19.4 Å². The first kappa shape index (κ1) is 13.5. The zero-order valence-electron chi connectivity index (χ0n) is 10.9. The van der Waals surface area contributed by atoms with Gasteiger partial charge in [-0.15, -0.1) is 0 Å². The van der Waals surface area contributed by atoms with E-state index < -0.39 is 10.0 Å². The molecule has 1 fully saturated rings. The average molecular weight is 268 g/mol. The van der Waals surface area contributed by atoms with Gasteiger partial charge >= 0.3 is 0 Å². The van der Waals surface area contributed by atoms with Gasteiger partial charge in [0.15, 0.2) is 0 Å². The number of hydrogen-bond acceptors (Lipinski definition) is 3. The van der Waals surface area contributed by atoms with Crippen molar-refractivity contribution in [2.75, 3.05) is 19.6 Å². The first-order valence-corrected chi connectivity index (χ1v) is 7.85. The number of aryl methyl sites for hydroxylation is 1. The minimum atomic E-state index is -3.19. The van der Waals surface area contributed by atoms with Crippen LogP contribution in [0.5, 0.6) is 0 Å². The predicted molar refractivity (Wildman–Crippen MR) is 72.8 cm³/mol.